The van der Waals surface area contributed by atoms with Gasteiger partial charge >= 0.3 is 0 Å². The lowest BCUT2D eigenvalue weighted by Crippen LogP contribution is -2.54. The van der Waals surface area contributed by atoms with Gasteiger partial charge in [-0.3, -0.25) is 0 Å². The number of hydrogen-bond acceptors (Lipinski definition) is 4. The van der Waals surface area contributed by atoms with Crippen LogP contribution in [0.5, 0.6) is 0 Å². The molecule has 0 radical (unpaired) electrons. The van der Waals surface area contributed by atoms with Gasteiger partial charge in [0.1, 0.15) is 0 Å². The molecule has 2 atom stereocenters. The summed E-state index contributed by atoms with van der Waals surface area (Å²) in [5, 5.41) is 28.3. The van der Waals surface area contributed by atoms with E-state index in [0.717, 1.165) is 5.56 Å². The van der Waals surface area contributed by atoms with Crippen LogP contribution in [-0.4, -0.2) is 40.0 Å². The summed E-state index contributed by atoms with van der Waals surface area (Å²) < 4.78 is 3.29. The summed E-state index contributed by atoms with van der Waals surface area (Å²) in [6, 6.07) is 9.24. The summed E-state index contributed by atoms with van der Waals surface area (Å²) in [4.78, 5) is 0. The number of rotatable bonds is 5. The summed E-state index contributed by atoms with van der Waals surface area (Å²) in [5.74, 6) is 0. The van der Waals surface area contributed by atoms with Crippen molar-refractivity contribution in [1.29, 1.82) is 0 Å². The summed E-state index contributed by atoms with van der Waals surface area (Å²) in [7, 11) is 1.28. The monoisotopic (exact) mass is 288 g/mol. The van der Waals surface area contributed by atoms with Gasteiger partial charge in [-0.1, -0.05) is 30.3 Å². The molecule has 3 N–H and O–H groups in total. The van der Waals surface area contributed by atoms with Crippen LogP contribution in [0.1, 0.15) is 5.56 Å². The lowest BCUT2D eigenvalue weighted by molar-refractivity contribution is -0.223. The molecular formula is C10H14BBrO4. The summed E-state index contributed by atoms with van der Waals surface area (Å²) in [6.07, 6.45) is 0. The van der Waals surface area contributed by atoms with E-state index in [-0.39, 0.29) is 6.61 Å². The number of alkyl halides is 1. The number of ether oxygens (including phenoxy) is 1. The Morgan fingerprint density at radius 2 is 1.81 bits per heavy atom. The van der Waals surface area contributed by atoms with Crippen molar-refractivity contribution in [1.82, 2.24) is 0 Å². The van der Waals surface area contributed by atoms with E-state index in [1.807, 2.05) is 30.3 Å². The van der Waals surface area contributed by atoms with Crippen LogP contribution >= 0.6 is 15.9 Å². The SMILES string of the molecule is BC(O)(OCc1ccccc1)C(O)(Br)CO. The van der Waals surface area contributed by atoms with Crippen molar-refractivity contribution < 1.29 is 20.1 Å². The quantitative estimate of drug-likeness (QED) is 0.390. The van der Waals surface area contributed by atoms with Gasteiger partial charge in [-0.25, -0.2) is 0 Å². The number of aliphatic hydroxyl groups excluding tert-OH is 1. The number of aliphatic hydroxyl groups is 3. The minimum Gasteiger partial charge on any atom is -0.392 e. The predicted molar refractivity (Wildman–Crippen MR) is 65.7 cm³/mol. The van der Waals surface area contributed by atoms with Gasteiger partial charge in [-0.2, -0.15) is 0 Å². The van der Waals surface area contributed by atoms with Crippen LogP contribution in [0.3, 0.4) is 0 Å². The molecule has 1 rings (SSSR count). The Labute approximate surface area is 103 Å². The zero-order valence-electron chi connectivity index (χ0n) is 8.93. The Bertz CT molecular complexity index is 329. The Morgan fingerprint density at radius 3 is 2.31 bits per heavy atom. The van der Waals surface area contributed by atoms with Crippen LogP contribution in [0, 0.1) is 0 Å². The second-order valence-electron chi connectivity index (χ2n) is 3.67. The normalized spacial score (nSPS) is 18.8. The molecule has 0 fully saturated rings. The van der Waals surface area contributed by atoms with Crippen LogP contribution in [0.4, 0.5) is 0 Å². The first-order chi connectivity index (χ1) is 7.39. The Balaban J connectivity index is 2.61. The van der Waals surface area contributed by atoms with Gasteiger partial charge in [-0.15, -0.1) is 0 Å². The van der Waals surface area contributed by atoms with Gasteiger partial charge in [-0.05, 0) is 21.5 Å². The van der Waals surface area contributed by atoms with Crippen LogP contribution in [0.15, 0.2) is 30.3 Å². The molecule has 2 unspecified atom stereocenters. The van der Waals surface area contributed by atoms with Crippen molar-refractivity contribution in [2.45, 2.75) is 16.8 Å². The van der Waals surface area contributed by atoms with Gasteiger partial charge in [0.25, 0.3) is 0 Å². The lowest BCUT2D eigenvalue weighted by atomic mass is 9.89. The predicted octanol–water partition coefficient (Wildman–Crippen LogP) is -0.442. The summed E-state index contributed by atoms with van der Waals surface area (Å²) in [6.45, 7) is -0.517. The molecule has 0 aliphatic carbocycles. The number of hydrogen-bond donors (Lipinski definition) is 3. The molecule has 1 aromatic carbocycles. The zero-order chi connectivity index (χ0) is 12.2. The molecule has 16 heavy (non-hydrogen) atoms. The molecule has 0 aliphatic rings. The summed E-state index contributed by atoms with van der Waals surface area (Å²) in [5.41, 5.74) is -1.01. The molecule has 88 valence electrons. The van der Waals surface area contributed by atoms with E-state index in [2.05, 4.69) is 15.9 Å². The van der Waals surface area contributed by atoms with E-state index in [9.17, 15) is 10.2 Å². The van der Waals surface area contributed by atoms with Gasteiger partial charge in [0.05, 0.1) is 13.2 Å². The molecular weight excluding hydrogens is 275 g/mol. The average molecular weight is 289 g/mol. The lowest BCUT2D eigenvalue weighted by Gasteiger charge is -2.35. The van der Waals surface area contributed by atoms with Crippen molar-refractivity contribution in [2.75, 3.05) is 6.61 Å². The second-order valence-corrected chi connectivity index (χ2v) is 4.99. The first-order valence-electron chi connectivity index (χ1n) is 4.81. The molecule has 1 aromatic rings. The van der Waals surface area contributed by atoms with Gasteiger partial charge in [0, 0.05) is 0 Å². The zero-order valence-corrected chi connectivity index (χ0v) is 10.5. The van der Waals surface area contributed by atoms with Crippen LogP contribution in [0.25, 0.3) is 0 Å². The molecule has 0 aliphatic heterocycles. The van der Waals surface area contributed by atoms with E-state index in [0.29, 0.717) is 0 Å². The maximum absolute atomic E-state index is 9.82. The van der Waals surface area contributed by atoms with E-state index in [4.69, 9.17) is 9.84 Å². The highest BCUT2D eigenvalue weighted by molar-refractivity contribution is 9.10. The highest BCUT2D eigenvalue weighted by Gasteiger charge is 2.44. The fourth-order valence-electron chi connectivity index (χ4n) is 1.06. The smallest absolute Gasteiger partial charge is 0.186 e. The fraction of sp³-hybridized carbons (Fsp3) is 0.400. The third kappa shape index (κ3) is 3.30. The van der Waals surface area contributed by atoms with Crippen molar-refractivity contribution >= 4 is 23.8 Å². The third-order valence-electron chi connectivity index (χ3n) is 2.28. The molecule has 0 bridgehead atoms. The maximum atomic E-state index is 9.82. The van der Waals surface area contributed by atoms with Crippen molar-refractivity contribution in [3.05, 3.63) is 35.9 Å². The Morgan fingerprint density at radius 1 is 1.25 bits per heavy atom. The van der Waals surface area contributed by atoms with Gasteiger partial charge < -0.3 is 20.1 Å². The molecule has 4 nitrogen and oxygen atoms in total. The fourth-order valence-corrected chi connectivity index (χ4v) is 1.17. The third-order valence-corrected chi connectivity index (χ3v) is 3.27. The Kier molecular flexibility index (Phi) is 4.52. The first-order valence-corrected chi connectivity index (χ1v) is 5.61. The first kappa shape index (κ1) is 13.7. The average Bonchev–Trinajstić information content (AvgIpc) is 2.27. The van der Waals surface area contributed by atoms with E-state index in [1.54, 1.807) is 0 Å². The van der Waals surface area contributed by atoms with E-state index < -0.39 is 16.8 Å². The van der Waals surface area contributed by atoms with Crippen molar-refractivity contribution in [2.24, 2.45) is 0 Å². The second kappa shape index (κ2) is 5.29. The molecule has 0 saturated heterocycles. The van der Waals surface area contributed by atoms with Crippen molar-refractivity contribution in [3.8, 4) is 0 Å². The van der Waals surface area contributed by atoms with Crippen LogP contribution in [0.2, 0.25) is 0 Å². The molecule has 0 saturated carbocycles. The largest absolute Gasteiger partial charge is 0.392 e. The van der Waals surface area contributed by atoms with E-state index >= 15 is 0 Å². The molecule has 0 spiro atoms. The van der Waals surface area contributed by atoms with Crippen LogP contribution in [-0.2, 0) is 11.3 Å². The highest BCUT2D eigenvalue weighted by Crippen LogP contribution is 2.27. The highest BCUT2D eigenvalue weighted by atomic mass is 79.9. The van der Waals surface area contributed by atoms with Gasteiger partial charge in [0.2, 0.25) is 0 Å². The molecule has 0 amide bonds. The maximum Gasteiger partial charge on any atom is 0.186 e. The number of benzene rings is 1. The minimum atomic E-state index is -1.88. The number of halogens is 1. The molecule has 6 heteroatoms. The van der Waals surface area contributed by atoms with Crippen molar-refractivity contribution in [3.63, 3.8) is 0 Å². The topological polar surface area (TPSA) is 69.9 Å². The molecule has 0 aromatic heterocycles. The summed E-state index contributed by atoms with van der Waals surface area (Å²) >= 11 is 2.81. The standard InChI is InChI=1S/C10H14BBrO4/c11-10(15,9(12,14)7-13)16-6-8-4-2-1-3-5-8/h1-5,13-15H,6-7,11H2. The van der Waals surface area contributed by atoms with Gasteiger partial charge in [0.15, 0.2) is 18.0 Å². The Hall–Kier alpha value is -0.395. The minimum absolute atomic E-state index is 0.141. The van der Waals surface area contributed by atoms with Crippen LogP contribution < -0.4 is 0 Å². The van der Waals surface area contributed by atoms with E-state index in [1.165, 1.54) is 7.85 Å². The molecule has 0 heterocycles.